The Morgan fingerprint density at radius 3 is 2.52 bits per heavy atom. The first kappa shape index (κ1) is 15.4. The molecule has 6 heteroatoms. The summed E-state index contributed by atoms with van der Waals surface area (Å²) in [5, 5.41) is 0. The number of aromatic nitrogens is 1. The van der Waals surface area contributed by atoms with E-state index in [1.165, 1.54) is 17.2 Å². The topological polar surface area (TPSA) is 53.5 Å². The van der Waals surface area contributed by atoms with E-state index in [0.29, 0.717) is 6.54 Å². The zero-order chi connectivity index (χ0) is 15.8. The molecule has 1 aliphatic rings. The molecule has 5 nitrogen and oxygen atoms in total. The summed E-state index contributed by atoms with van der Waals surface area (Å²) >= 11 is 0. The van der Waals surface area contributed by atoms with E-state index in [1.54, 1.807) is 4.90 Å². The molecule has 0 aromatic carbocycles. The van der Waals surface area contributed by atoms with Crippen LogP contribution >= 0.6 is 0 Å². The van der Waals surface area contributed by atoms with Crippen molar-refractivity contribution in [2.45, 2.75) is 39.3 Å². The minimum atomic E-state index is -0.632. The van der Waals surface area contributed by atoms with Gasteiger partial charge in [-0.2, -0.15) is 4.39 Å². The van der Waals surface area contributed by atoms with Gasteiger partial charge < -0.3 is 9.80 Å². The van der Waals surface area contributed by atoms with Crippen molar-refractivity contribution in [2.75, 3.05) is 13.1 Å². The average Bonchev–Trinajstić information content (AvgIpc) is 2.36. The van der Waals surface area contributed by atoms with E-state index in [2.05, 4.69) is 4.98 Å². The number of hydrogen-bond acceptors (Lipinski definition) is 3. The lowest BCUT2D eigenvalue weighted by molar-refractivity contribution is -0.146. The summed E-state index contributed by atoms with van der Waals surface area (Å²) in [5.74, 6) is -1.01. The standard InChI is InChI=1S/C15H20FN3O2/c1-10(2)19-13(20)8-18(9-15(19,3)4)14(21)11-5-6-12(16)17-7-11/h5-7,10H,8-9H2,1-4H3. The Hall–Kier alpha value is -1.98. The molecular formula is C15H20FN3O2. The van der Waals surface area contributed by atoms with Gasteiger partial charge in [0.2, 0.25) is 11.9 Å². The van der Waals surface area contributed by atoms with E-state index in [0.717, 1.165) is 6.07 Å². The molecule has 1 saturated heterocycles. The lowest BCUT2D eigenvalue weighted by atomic mass is 9.96. The fourth-order valence-electron chi connectivity index (χ4n) is 2.99. The third kappa shape index (κ3) is 3.04. The molecule has 2 heterocycles. The second kappa shape index (κ2) is 5.42. The van der Waals surface area contributed by atoms with Gasteiger partial charge in [-0.05, 0) is 39.8 Å². The highest BCUT2D eigenvalue weighted by atomic mass is 19.1. The summed E-state index contributed by atoms with van der Waals surface area (Å²) in [4.78, 5) is 31.5. The molecule has 0 saturated carbocycles. The molecule has 1 fully saturated rings. The molecule has 114 valence electrons. The second-order valence-corrected chi connectivity index (χ2v) is 6.20. The van der Waals surface area contributed by atoms with Crippen LogP contribution in [0.2, 0.25) is 0 Å². The van der Waals surface area contributed by atoms with Crippen LogP contribution < -0.4 is 0 Å². The summed E-state index contributed by atoms with van der Waals surface area (Å²) in [6.45, 7) is 8.27. The van der Waals surface area contributed by atoms with Gasteiger partial charge in [0.1, 0.15) is 6.54 Å². The number of pyridine rings is 1. The van der Waals surface area contributed by atoms with Crippen LogP contribution in [0, 0.1) is 5.95 Å². The van der Waals surface area contributed by atoms with Crippen LogP contribution in [-0.2, 0) is 4.79 Å². The number of carbonyl (C=O) groups is 2. The van der Waals surface area contributed by atoms with Gasteiger partial charge in [-0.15, -0.1) is 0 Å². The first-order valence-corrected chi connectivity index (χ1v) is 6.95. The Balaban J connectivity index is 2.21. The molecule has 1 aliphatic heterocycles. The van der Waals surface area contributed by atoms with Gasteiger partial charge in [-0.25, -0.2) is 4.98 Å². The lowest BCUT2D eigenvalue weighted by Gasteiger charge is -2.48. The first-order chi connectivity index (χ1) is 9.72. The third-order valence-corrected chi connectivity index (χ3v) is 3.60. The summed E-state index contributed by atoms with van der Waals surface area (Å²) in [5.41, 5.74) is -0.148. The molecule has 0 unspecified atom stereocenters. The molecule has 0 spiro atoms. The van der Waals surface area contributed by atoms with Crippen molar-refractivity contribution in [3.8, 4) is 0 Å². The number of rotatable bonds is 2. The normalized spacial score (nSPS) is 18.3. The number of nitrogens with zero attached hydrogens (tertiary/aromatic N) is 3. The Morgan fingerprint density at radius 2 is 2.05 bits per heavy atom. The van der Waals surface area contributed by atoms with E-state index in [9.17, 15) is 14.0 Å². The summed E-state index contributed by atoms with van der Waals surface area (Å²) in [7, 11) is 0. The fraction of sp³-hybridized carbons (Fsp3) is 0.533. The van der Waals surface area contributed by atoms with Crippen molar-refractivity contribution in [1.29, 1.82) is 0 Å². The largest absolute Gasteiger partial charge is 0.332 e. The van der Waals surface area contributed by atoms with Gasteiger partial charge in [0.15, 0.2) is 0 Å². The van der Waals surface area contributed by atoms with Crippen molar-refractivity contribution in [3.63, 3.8) is 0 Å². The van der Waals surface area contributed by atoms with E-state index in [1.807, 2.05) is 27.7 Å². The van der Waals surface area contributed by atoms with Crippen LogP contribution in [0.4, 0.5) is 4.39 Å². The van der Waals surface area contributed by atoms with Crippen molar-refractivity contribution in [3.05, 3.63) is 29.8 Å². The highest BCUT2D eigenvalue weighted by Crippen LogP contribution is 2.25. The van der Waals surface area contributed by atoms with E-state index < -0.39 is 11.5 Å². The van der Waals surface area contributed by atoms with Crippen LogP contribution in [0.3, 0.4) is 0 Å². The quantitative estimate of drug-likeness (QED) is 0.780. The zero-order valence-corrected chi connectivity index (χ0v) is 12.8. The fourth-order valence-corrected chi connectivity index (χ4v) is 2.99. The Labute approximate surface area is 123 Å². The van der Waals surface area contributed by atoms with Gasteiger partial charge in [0.05, 0.1) is 11.1 Å². The Morgan fingerprint density at radius 1 is 1.38 bits per heavy atom. The van der Waals surface area contributed by atoms with Gasteiger partial charge in [-0.3, -0.25) is 9.59 Å². The molecule has 0 atom stereocenters. The predicted octanol–water partition coefficient (Wildman–Crippen LogP) is 1.69. The number of halogens is 1. The van der Waals surface area contributed by atoms with Crippen LogP contribution in [0.15, 0.2) is 18.3 Å². The van der Waals surface area contributed by atoms with Crippen LogP contribution in [0.25, 0.3) is 0 Å². The van der Waals surface area contributed by atoms with Crippen molar-refractivity contribution in [1.82, 2.24) is 14.8 Å². The van der Waals surface area contributed by atoms with Crippen molar-refractivity contribution in [2.24, 2.45) is 0 Å². The Kier molecular flexibility index (Phi) is 3.98. The van der Waals surface area contributed by atoms with Crippen LogP contribution in [0.5, 0.6) is 0 Å². The maximum absolute atomic E-state index is 12.8. The van der Waals surface area contributed by atoms with Crippen molar-refractivity contribution < 1.29 is 14.0 Å². The van der Waals surface area contributed by atoms with Gasteiger partial charge in [-0.1, -0.05) is 0 Å². The highest BCUT2D eigenvalue weighted by molar-refractivity contribution is 5.97. The number of carbonyl (C=O) groups excluding carboxylic acids is 2. The molecule has 0 N–H and O–H groups in total. The molecule has 1 aromatic heterocycles. The first-order valence-electron chi connectivity index (χ1n) is 6.95. The maximum atomic E-state index is 12.8. The second-order valence-electron chi connectivity index (χ2n) is 6.20. The summed E-state index contributed by atoms with van der Waals surface area (Å²) < 4.78 is 12.8. The number of amides is 2. The molecule has 0 bridgehead atoms. The lowest BCUT2D eigenvalue weighted by Crippen LogP contribution is -2.64. The van der Waals surface area contributed by atoms with E-state index in [4.69, 9.17) is 0 Å². The molecule has 0 radical (unpaired) electrons. The summed E-state index contributed by atoms with van der Waals surface area (Å²) in [6.07, 6.45) is 1.20. The number of piperazine rings is 1. The predicted molar refractivity (Wildman–Crippen MR) is 76.2 cm³/mol. The van der Waals surface area contributed by atoms with Gasteiger partial charge in [0, 0.05) is 18.8 Å². The molecule has 0 aliphatic carbocycles. The SMILES string of the molecule is CC(C)N1C(=O)CN(C(=O)c2ccc(F)nc2)CC1(C)C. The van der Waals surface area contributed by atoms with E-state index >= 15 is 0 Å². The molecule has 21 heavy (non-hydrogen) atoms. The van der Waals surface area contributed by atoms with E-state index in [-0.39, 0.29) is 30.0 Å². The van der Waals surface area contributed by atoms with Gasteiger partial charge >= 0.3 is 0 Å². The smallest absolute Gasteiger partial charge is 0.255 e. The summed E-state index contributed by atoms with van der Waals surface area (Å²) in [6, 6.07) is 2.61. The van der Waals surface area contributed by atoms with Crippen molar-refractivity contribution >= 4 is 11.8 Å². The van der Waals surface area contributed by atoms with Gasteiger partial charge in [0.25, 0.3) is 5.91 Å². The monoisotopic (exact) mass is 293 g/mol. The molecule has 2 amide bonds. The minimum absolute atomic E-state index is 0.0395. The molecular weight excluding hydrogens is 273 g/mol. The molecule has 2 rings (SSSR count). The van der Waals surface area contributed by atoms with Crippen LogP contribution in [-0.4, -0.2) is 51.3 Å². The number of hydrogen-bond donors (Lipinski definition) is 0. The zero-order valence-electron chi connectivity index (χ0n) is 12.8. The maximum Gasteiger partial charge on any atom is 0.255 e. The Bertz CT molecular complexity index is 555. The third-order valence-electron chi connectivity index (χ3n) is 3.60. The minimum Gasteiger partial charge on any atom is -0.332 e. The average molecular weight is 293 g/mol. The molecule has 1 aromatic rings. The highest BCUT2D eigenvalue weighted by Gasteiger charge is 2.41. The van der Waals surface area contributed by atoms with Crippen LogP contribution in [0.1, 0.15) is 38.1 Å².